The summed E-state index contributed by atoms with van der Waals surface area (Å²) in [5.41, 5.74) is 0. The third-order valence-electron chi connectivity index (χ3n) is 2.20. The maximum absolute atomic E-state index is 13.3. The molecule has 4 heteroatoms. The van der Waals surface area contributed by atoms with E-state index in [0.29, 0.717) is 5.75 Å². The van der Waals surface area contributed by atoms with Crippen molar-refractivity contribution in [2.45, 2.75) is 12.5 Å². The summed E-state index contributed by atoms with van der Waals surface area (Å²) >= 11 is 3.28. The van der Waals surface area contributed by atoms with Crippen LogP contribution in [0.1, 0.15) is 6.42 Å². The van der Waals surface area contributed by atoms with Gasteiger partial charge in [-0.2, -0.15) is 0 Å². The maximum Gasteiger partial charge on any atom is 0.165 e. The van der Waals surface area contributed by atoms with Crippen LogP contribution in [0.25, 0.3) is 0 Å². The Morgan fingerprint density at radius 2 is 2.36 bits per heavy atom. The van der Waals surface area contributed by atoms with Crippen molar-refractivity contribution >= 4 is 15.9 Å². The van der Waals surface area contributed by atoms with Crippen LogP contribution in [-0.2, 0) is 0 Å². The molecule has 1 atom stereocenters. The second-order valence-corrected chi connectivity index (χ2v) is 4.22. The van der Waals surface area contributed by atoms with Gasteiger partial charge in [0.25, 0.3) is 0 Å². The van der Waals surface area contributed by atoms with Crippen molar-refractivity contribution in [1.82, 2.24) is 5.32 Å². The molecule has 0 spiro atoms. The summed E-state index contributed by atoms with van der Waals surface area (Å²) in [5.74, 6) is 0.0215. The van der Waals surface area contributed by atoms with E-state index in [1.54, 1.807) is 12.1 Å². The van der Waals surface area contributed by atoms with E-state index in [0.717, 1.165) is 24.0 Å². The second-order valence-electron chi connectivity index (χ2n) is 3.31. The standard InChI is InChI=1S/C10H11BrFNO/c11-7-1-2-9(12)10(5-7)14-8-3-4-13-6-8/h1-2,5,8,13H,3-4,6H2. The van der Waals surface area contributed by atoms with E-state index in [9.17, 15) is 4.39 Å². The molecule has 2 nitrogen and oxygen atoms in total. The van der Waals surface area contributed by atoms with Crippen molar-refractivity contribution in [3.8, 4) is 5.75 Å². The molecule has 0 amide bonds. The summed E-state index contributed by atoms with van der Waals surface area (Å²) in [7, 11) is 0. The predicted octanol–water partition coefficient (Wildman–Crippen LogP) is 2.33. The third-order valence-corrected chi connectivity index (χ3v) is 2.70. The smallest absolute Gasteiger partial charge is 0.165 e. The van der Waals surface area contributed by atoms with Crippen molar-refractivity contribution in [2.24, 2.45) is 0 Å². The average molecular weight is 260 g/mol. The van der Waals surface area contributed by atoms with E-state index in [1.807, 2.05) is 0 Å². The van der Waals surface area contributed by atoms with Crippen LogP contribution in [-0.4, -0.2) is 19.2 Å². The maximum atomic E-state index is 13.3. The van der Waals surface area contributed by atoms with E-state index < -0.39 is 0 Å². The van der Waals surface area contributed by atoms with Crippen LogP contribution in [0.15, 0.2) is 22.7 Å². The summed E-state index contributed by atoms with van der Waals surface area (Å²) in [6.07, 6.45) is 1.03. The molecule has 1 aliphatic heterocycles. The van der Waals surface area contributed by atoms with E-state index >= 15 is 0 Å². The number of hydrogen-bond donors (Lipinski definition) is 1. The van der Waals surface area contributed by atoms with Crippen molar-refractivity contribution < 1.29 is 9.13 Å². The Balaban J connectivity index is 2.10. The number of ether oxygens (including phenoxy) is 1. The van der Waals surface area contributed by atoms with Crippen LogP contribution in [0.5, 0.6) is 5.75 Å². The van der Waals surface area contributed by atoms with Crippen LogP contribution >= 0.6 is 15.9 Å². The van der Waals surface area contributed by atoms with Gasteiger partial charge in [-0.15, -0.1) is 0 Å². The number of halogens is 2. The zero-order valence-electron chi connectivity index (χ0n) is 7.59. The fraction of sp³-hybridized carbons (Fsp3) is 0.400. The van der Waals surface area contributed by atoms with Gasteiger partial charge in [-0.3, -0.25) is 0 Å². The number of benzene rings is 1. The van der Waals surface area contributed by atoms with Gasteiger partial charge in [0.1, 0.15) is 6.10 Å². The summed E-state index contributed by atoms with van der Waals surface area (Å²) in [6, 6.07) is 4.73. The molecule has 1 N–H and O–H groups in total. The van der Waals surface area contributed by atoms with Gasteiger partial charge >= 0.3 is 0 Å². The first-order chi connectivity index (χ1) is 6.75. The summed E-state index contributed by atoms with van der Waals surface area (Å²) < 4.78 is 19.6. The zero-order chi connectivity index (χ0) is 9.97. The largest absolute Gasteiger partial charge is 0.486 e. The van der Waals surface area contributed by atoms with Gasteiger partial charge in [-0.1, -0.05) is 15.9 Å². The number of nitrogens with one attached hydrogen (secondary N) is 1. The lowest BCUT2D eigenvalue weighted by atomic mass is 10.3. The Bertz CT molecular complexity index is 326. The van der Waals surface area contributed by atoms with Crippen molar-refractivity contribution in [3.63, 3.8) is 0 Å². The van der Waals surface area contributed by atoms with Gasteiger partial charge in [-0.25, -0.2) is 4.39 Å². The fourth-order valence-electron chi connectivity index (χ4n) is 1.48. The molecule has 2 rings (SSSR count). The first kappa shape index (κ1) is 9.93. The first-order valence-electron chi connectivity index (χ1n) is 4.58. The Kier molecular flexibility index (Phi) is 3.03. The molecule has 1 saturated heterocycles. The molecule has 1 fully saturated rings. The molecule has 1 aromatic carbocycles. The van der Waals surface area contributed by atoms with Crippen LogP contribution < -0.4 is 10.1 Å². The monoisotopic (exact) mass is 259 g/mol. The molecular weight excluding hydrogens is 249 g/mol. The summed E-state index contributed by atoms with van der Waals surface area (Å²) in [4.78, 5) is 0. The highest BCUT2D eigenvalue weighted by Gasteiger charge is 2.17. The van der Waals surface area contributed by atoms with Gasteiger partial charge in [0.15, 0.2) is 11.6 Å². The summed E-state index contributed by atoms with van der Waals surface area (Å²) in [6.45, 7) is 1.74. The molecule has 0 aliphatic carbocycles. The highest BCUT2D eigenvalue weighted by Crippen LogP contribution is 2.24. The quantitative estimate of drug-likeness (QED) is 0.881. The predicted molar refractivity (Wildman–Crippen MR) is 56.0 cm³/mol. The van der Waals surface area contributed by atoms with E-state index in [1.165, 1.54) is 6.07 Å². The molecule has 0 bridgehead atoms. The molecule has 1 aromatic rings. The van der Waals surface area contributed by atoms with Crippen LogP contribution in [0.3, 0.4) is 0 Å². The van der Waals surface area contributed by atoms with Gasteiger partial charge < -0.3 is 10.1 Å². The highest BCUT2D eigenvalue weighted by molar-refractivity contribution is 9.10. The van der Waals surface area contributed by atoms with E-state index in [2.05, 4.69) is 21.2 Å². The van der Waals surface area contributed by atoms with Gasteiger partial charge in [-0.05, 0) is 31.2 Å². The lowest BCUT2D eigenvalue weighted by Crippen LogP contribution is -2.20. The third kappa shape index (κ3) is 2.25. The lowest BCUT2D eigenvalue weighted by molar-refractivity contribution is 0.213. The summed E-state index contributed by atoms with van der Waals surface area (Å²) in [5, 5.41) is 3.17. The topological polar surface area (TPSA) is 21.3 Å². The van der Waals surface area contributed by atoms with Crippen LogP contribution in [0.2, 0.25) is 0 Å². The Hall–Kier alpha value is -0.610. The molecule has 14 heavy (non-hydrogen) atoms. The first-order valence-corrected chi connectivity index (χ1v) is 5.37. The molecule has 0 saturated carbocycles. The Morgan fingerprint density at radius 1 is 1.50 bits per heavy atom. The van der Waals surface area contributed by atoms with Crippen molar-refractivity contribution in [2.75, 3.05) is 13.1 Å². The Labute approximate surface area is 90.6 Å². The fourth-order valence-corrected chi connectivity index (χ4v) is 1.82. The van der Waals surface area contributed by atoms with Crippen molar-refractivity contribution in [3.05, 3.63) is 28.5 Å². The van der Waals surface area contributed by atoms with Crippen molar-refractivity contribution in [1.29, 1.82) is 0 Å². The van der Waals surface area contributed by atoms with E-state index in [4.69, 9.17) is 4.74 Å². The van der Waals surface area contributed by atoms with Crippen LogP contribution in [0.4, 0.5) is 4.39 Å². The van der Waals surface area contributed by atoms with Crippen LogP contribution in [0, 0.1) is 5.82 Å². The lowest BCUT2D eigenvalue weighted by Gasteiger charge is -2.13. The molecule has 1 unspecified atom stereocenters. The molecule has 76 valence electrons. The molecule has 0 radical (unpaired) electrons. The number of hydrogen-bond acceptors (Lipinski definition) is 2. The van der Waals surface area contributed by atoms with Gasteiger partial charge in [0.05, 0.1) is 0 Å². The Morgan fingerprint density at radius 3 is 3.07 bits per heavy atom. The highest BCUT2D eigenvalue weighted by atomic mass is 79.9. The molecule has 1 aliphatic rings. The zero-order valence-corrected chi connectivity index (χ0v) is 9.18. The molecule has 0 aromatic heterocycles. The second kappa shape index (κ2) is 4.28. The average Bonchev–Trinajstić information content (AvgIpc) is 2.64. The molecular formula is C10H11BrFNO. The number of rotatable bonds is 2. The molecule has 1 heterocycles. The van der Waals surface area contributed by atoms with E-state index in [-0.39, 0.29) is 11.9 Å². The van der Waals surface area contributed by atoms with Gasteiger partial charge in [0, 0.05) is 11.0 Å². The minimum Gasteiger partial charge on any atom is -0.486 e. The minimum atomic E-state index is -0.305. The normalized spacial score (nSPS) is 21.1. The minimum absolute atomic E-state index is 0.0961. The van der Waals surface area contributed by atoms with Gasteiger partial charge in [0.2, 0.25) is 0 Å². The SMILES string of the molecule is Fc1ccc(Br)cc1OC1CCNC1.